The first-order valence-corrected chi connectivity index (χ1v) is 10.3. The molecule has 1 atom stereocenters. The first-order chi connectivity index (χ1) is 11.7. The molecule has 0 spiro atoms. The number of carbonyl (C=O) groups is 1. The van der Waals surface area contributed by atoms with Crippen molar-refractivity contribution in [2.75, 3.05) is 5.32 Å². The zero-order chi connectivity index (χ0) is 18.4. The number of carbonyl (C=O) groups excluding carboxylic acids is 1. The summed E-state index contributed by atoms with van der Waals surface area (Å²) in [6.45, 7) is 10.8. The van der Waals surface area contributed by atoms with Gasteiger partial charge in [-0.2, -0.15) is 0 Å². The molecule has 0 fully saturated rings. The van der Waals surface area contributed by atoms with Crippen molar-refractivity contribution in [3.63, 3.8) is 0 Å². The Balaban J connectivity index is 1.80. The van der Waals surface area contributed by atoms with E-state index < -0.39 is 0 Å². The van der Waals surface area contributed by atoms with E-state index in [1.54, 1.807) is 11.8 Å². The lowest BCUT2D eigenvalue weighted by Crippen LogP contribution is -2.18. The van der Waals surface area contributed by atoms with Crippen LogP contribution < -0.4 is 5.32 Å². The van der Waals surface area contributed by atoms with Gasteiger partial charge in [-0.1, -0.05) is 80.6 Å². The Morgan fingerprint density at radius 3 is 2.56 bits per heavy atom. The largest absolute Gasteiger partial charge is 0.300 e. The Hall–Kier alpha value is -1.40. The monoisotopic (exact) mass is 377 g/mol. The highest BCUT2D eigenvalue weighted by Crippen LogP contribution is 2.29. The molecule has 1 N–H and O–H groups in total. The Kier molecular flexibility index (Phi) is 7.02. The van der Waals surface area contributed by atoms with E-state index in [0.29, 0.717) is 17.5 Å². The summed E-state index contributed by atoms with van der Waals surface area (Å²) in [5.41, 5.74) is 2.75. The minimum atomic E-state index is 0.0167. The average molecular weight is 378 g/mol. The molecule has 0 radical (unpaired) electrons. The van der Waals surface area contributed by atoms with Gasteiger partial charge < -0.3 is 5.32 Å². The maximum absolute atomic E-state index is 12.2. The van der Waals surface area contributed by atoms with Crippen molar-refractivity contribution >= 4 is 34.1 Å². The van der Waals surface area contributed by atoms with Gasteiger partial charge in [0.1, 0.15) is 0 Å². The van der Waals surface area contributed by atoms with E-state index >= 15 is 0 Å². The zero-order valence-electron chi connectivity index (χ0n) is 15.6. The number of amides is 1. The van der Waals surface area contributed by atoms with Gasteiger partial charge in [-0.15, -0.1) is 10.2 Å². The second-order valence-corrected chi connectivity index (χ2v) is 9.97. The van der Waals surface area contributed by atoms with Gasteiger partial charge in [-0.3, -0.25) is 4.79 Å². The summed E-state index contributed by atoms with van der Waals surface area (Å²) in [5.74, 6) is 1.22. The van der Waals surface area contributed by atoms with Crippen LogP contribution in [-0.4, -0.2) is 16.1 Å². The van der Waals surface area contributed by atoms with E-state index in [-0.39, 0.29) is 11.3 Å². The molecule has 6 heteroatoms. The molecule has 1 aromatic carbocycles. The number of anilines is 1. The molecule has 1 heterocycles. The molecule has 25 heavy (non-hydrogen) atoms. The fraction of sp³-hybridized carbons (Fsp3) is 0.526. The lowest BCUT2D eigenvalue weighted by molar-refractivity contribution is -0.117. The highest BCUT2D eigenvalue weighted by Gasteiger charge is 2.18. The molecule has 1 aromatic heterocycles. The lowest BCUT2D eigenvalue weighted by atomic mass is 9.84. The van der Waals surface area contributed by atoms with Crippen LogP contribution >= 0.6 is 23.1 Å². The maximum Gasteiger partial charge on any atom is 0.226 e. The number of aryl methyl sites for hydroxylation is 1. The molecule has 0 unspecified atom stereocenters. The highest BCUT2D eigenvalue weighted by molar-refractivity contribution is 8.00. The summed E-state index contributed by atoms with van der Waals surface area (Å²) in [6, 6.07) is 8.48. The molecule has 4 nitrogen and oxygen atoms in total. The van der Waals surface area contributed by atoms with Crippen LogP contribution in [0.1, 0.15) is 51.7 Å². The summed E-state index contributed by atoms with van der Waals surface area (Å²) in [6.07, 6.45) is 1.54. The van der Waals surface area contributed by atoms with Crippen LogP contribution in [0.3, 0.4) is 0 Å². The Morgan fingerprint density at radius 1 is 1.24 bits per heavy atom. The molecule has 0 bridgehead atoms. The summed E-state index contributed by atoms with van der Waals surface area (Å²) in [7, 11) is 0. The Bertz CT molecular complexity index is 689. The molecule has 0 aliphatic rings. The number of rotatable bonds is 7. The number of thioether (sulfide) groups is 1. The predicted octanol–water partition coefficient (Wildman–Crippen LogP) is 5.54. The predicted molar refractivity (Wildman–Crippen MR) is 107 cm³/mol. The zero-order valence-corrected chi connectivity index (χ0v) is 17.3. The van der Waals surface area contributed by atoms with Crippen molar-refractivity contribution in [1.82, 2.24) is 10.2 Å². The van der Waals surface area contributed by atoms with Crippen LogP contribution in [-0.2, 0) is 10.5 Å². The summed E-state index contributed by atoms with van der Waals surface area (Å²) >= 11 is 3.08. The number of hydrogen-bond donors (Lipinski definition) is 1. The van der Waals surface area contributed by atoms with Crippen molar-refractivity contribution < 1.29 is 4.79 Å². The first-order valence-electron chi connectivity index (χ1n) is 8.53. The van der Waals surface area contributed by atoms with Crippen molar-refractivity contribution in [2.45, 2.75) is 57.6 Å². The fourth-order valence-electron chi connectivity index (χ4n) is 2.75. The van der Waals surface area contributed by atoms with Gasteiger partial charge in [0, 0.05) is 12.2 Å². The minimum absolute atomic E-state index is 0.0167. The van der Waals surface area contributed by atoms with Crippen molar-refractivity contribution in [3.8, 4) is 0 Å². The molecular formula is C19H27N3OS2. The third kappa shape index (κ3) is 7.57. The van der Waals surface area contributed by atoms with Gasteiger partial charge in [-0.05, 0) is 30.2 Å². The maximum atomic E-state index is 12.2. The van der Waals surface area contributed by atoms with E-state index in [1.807, 2.05) is 0 Å². The van der Waals surface area contributed by atoms with Gasteiger partial charge in [0.15, 0.2) is 4.34 Å². The quantitative estimate of drug-likeness (QED) is 0.508. The van der Waals surface area contributed by atoms with Gasteiger partial charge >= 0.3 is 0 Å². The Morgan fingerprint density at radius 2 is 1.92 bits per heavy atom. The Labute approximate surface area is 158 Å². The van der Waals surface area contributed by atoms with Crippen LogP contribution in [0.25, 0.3) is 0 Å². The first kappa shape index (κ1) is 19.9. The summed E-state index contributed by atoms with van der Waals surface area (Å²) in [5, 5.41) is 11.7. The molecule has 2 aromatic rings. The van der Waals surface area contributed by atoms with E-state index in [0.717, 1.165) is 16.5 Å². The normalized spacial score (nSPS) is 12.8. The van der Waals surface area contributed by atoms with Crippen molar-refractivity contribution in [1.29, 1.82) is 0 Å². The molecule has 0 aliphatic heterocycles. The van der Waals surface area contributed by atoms with Crippen LogP contribution in [0.4, 0.5) is 5.13 Å². The molecule has 0 aliphatic carbocycles. The topological polar surface area (TPSA) is 54.9 Å². The number of hydrogen-bond acceptors (Lipinski definition) is 5. The molecule has 0 saturated carbocycles. The SMILES string of the molecule is Cc1ccc(CSc2nnc(NC(=O)C[C@@H](C)CC(C)(C)C)s2)cc1. The van der Waals surface area contributed by atoms with Crippen molar-refractivity contribution in [2.24, 2.45) is 11.3 Å². The molecule has 0 saturated heterocycles. The van der Waals surface area contributed by atoms with E-state index in [9.17, 15) is 4.79 Å². The second-order valence-electron chi connectivity index (χ2n) is 7.77. The van der Waals surface area contributed by atoms with Crippen LogP contribution in [0.2, 0.25) is 0 Å². The van der Waals surface area contributed by atoms with Crippen LogP contribution in [0.15, 0.2) is 28.6 Å². The van der Waals surface area contributed by atoms with Crippen LogP contribution in [0.5, 0.6) is 0 Å². The lowest BCUT2D eigenvalue weighted by Gasteiger charge is -2.22. The standard InChI is InChI=1S/C19H27N3OS2/c1-13-6-8-15(9-7-13)12-24-18-22-21-17(25-18)20-16(23)10-14(2)11-19(3,4)5/h6-9,14H,10-12H2,1-5H3,(H,20,21,23)/t14-/m1/s1. The van der Waals surface area contributed by atoms with Gasteiger partial charge in [-0.25, -0.2) is 0 Å². The molecule has 1 amide bonds. The van der Waals surface area contributed by atoms with Gasteiger partial charge in [0.25, 0.3) is 0 Å². The highest BCUT2D eigenvalue weighted by atomic mass is 32.2. The van der Waals surface area contributed by atoms with E-state index in [1.165, 1.54) is 22.5 Å². The molecule has 2 rings (SSSR count). The van der Waals surface area contributed by atoms with Crippen LogP contribution in [0, 0.1) is 18.3 Å². The minimum Gasteiger partial charge on any atom is -0.300 e. The van der Waals surface area contributed by atoms with Crippen molar-refractivity contribution in [3.05, 3.63) is 35.4 Å². The number of nitrogens with zero attached hydrogens (tertiary/aromatic N) is 2. The molecular weight excluding hydrogens is 350 g/mol. The number of aromatic nitrogens is 2. The second kappa shape index (κ2) is 8.81. The third-order valence-corrected chi connectivity index (χ3v) is 5.67. The fourth-order valence-corrected chi connectivity index (χ4v) is 4.48. The average Bonchev–Trinajstić information content (AvgIpc) is 2.91. The van der Waals surface area contributed by atoms with Gasteiger partial charge in [0.2, 0.25) is 11.0 Å². The van der Waals surface area contributed by atoms with E-state index in [4.69, 9.17) is 0 Å². The smallest absolute Gasteiger partial charge is 0.226 e. The number of benzene rings is 1. The van der Waals surface area contributed by atoms with E-state index in [2.05, 4.69) is 74.4 Å². The molecule has 136 valence electrons. The number of nitrogens with one attached hydrogen (secondary N) is 1. The third-order valence-electron chi connectivity index (χ3n) is 3.63. The summed E-state index contributed by atoms with van der Waals surface area (Å²) < 4.78 is 0.874. The summed E-state index contributed by atoms with van der Waals surface area (Å²) in [4.78, 5) is 12.2. The van der Waals surface area contributed by atoms with Gasteiger partial charge in [0.05, 0.1) is 0 Å².